The van der Waals surface area contributed by atoms with Crippen LogP contribution in [0, 0.1) is 23.7 Å². The molecule has 0 amide bonds. The van der Waals surface area contributed by atoms with Crippen molar-refractivity contribution in [2.45, 2.75) is 77.6 Å². The zero-order valence-electron chi connectivity index (χ0n) is 13.8. The Hall–Kier alpha value is 0.440. The molecule has 0 aromatic rings. The van der Waals surface area contributed by atoms with Crippen LogP contribution in [0.25, 0.3) is 0 Å². The van der Waals surface area contributed by atoms with E-state index >= 15 is 0 Å². The maximum atomic E-state index is 2.38. The number of thioether (sulfide) groups is 1. The van der Waals surface area contributed by atoms with E-state index in [1.807, 2.05) is 4.20 Å². The van der Waals surface area contributed by atoms with E-state index in [1.54, 1.807) is 19.3 Å². The summed E-state index contributed by atoms with van der Waals surface area (Å²) in [6, 6.07) is 0. The van der Waals surface area contributed by atoms with Crippen LogP contribution < -0.4 is 0 Å². The highest BCUT2D eigenvalue weighted by molar-refractivity contribution is 8.23. The fourth-order valence-electron chi connectivity index (χ4n) is 4.66. The predicted molar refractivity (Wildman–Crippen MR) is 100 cm³/mol. The van der Waals surface area contributed by atoms with Gasteiger partial charge in [-0.3, -0.25) is 0 Å². The van der Waals surface area contributed by atoms with Gasteiger partial charge in [0, 0.05) is 18.1 Å². The first-order chi connectivity index (χ1) is 10.3. The lowest BCUT2D eigenvalue weighted by atomic mass is 9.73. The van der Waals surface area contributed by atoms with E-state index in [-0.39, 0.29) is 0 Å². The molecule has 2 saturated carbocycles. The molecule has 0 radical (unpaired) electrons. The lowest BCUT2D eigenvalue weighted by Crippen LogP contribution is -2.25. The Balaban J connectivity index is 1.39. The van der Waals surface area contributed by atoms with E-state index in [1.165, 1.54) is 62.9 Å². The summed E-state index contributed by atoms with van der Waals surface area (Å²) in [5.41, 5.74) is 0. The van der Waals surface area contributed by atoms with E-state index in [2.05, 4.69) is 30.0 Å². The molecule has 0 aromatic heterocycles. The van der Waals surface area contributed by atoms with Crippen LogP contribution in [0.3, 0.4) is 0 Å². The Kier molecular flexibility index (Phi) is 6.47. The van der Waals surface area contributed by atoms with Crippen molar-refractivity contribution in [3.8, 4) is 0 Å². The Bertz CT molecular complexity index is 333. The van der Waals surface area contributed by atoms with Gasteiger partial charge in [0.05, 0.1) is 0 Å². The summed E-state index contributed by atoms with van der Waals surface area (Å²) in [4.78, 5) is 0. The van der Waals surface area contributed by atoms with Gasteiger partial charge in [0.25, 0.3) is 0 Å². The normalized spacial score (nSPS) is 38.0. The minimum absolute atomic E-state index is 0.965. The van der Waals surface area contributed by atoms with Gasteiger partial charge >= 0.3 is 0 Å². The molecule has 0 atom stereocenters. The van der Waals surface area contributed by atoms with E-state index < -0.39 is 0 Å². The van der Waals surface area contributed by atoms with E-state index in [0.29, 0.717) is 0 Å². The molecule has 2 aliphatic carbocycles. The molecule has 120 valence electrons. The first-order valence-electron chi connectivity index (χ1n) is 9.47. The Morgan fingerprint density at radius 1 is 0.905 bits per heavy atom. The van der Waals surface area contributed by atoms with E-state index in [4.69, 9.17) is 0 Å². The number of rotatable bonds is 4. The molecule has 0 saturated heterocycles. The minimum atomic E-state index is 0.965. The molecular weight excluding hydrogens is 292 g/mol. The molecule has 0 N–H and O–H groups in total. The van der Waals surface area contributed by atoms with Crippen LogP contribution in [-0.4, -0.2) is 15.7 Å². The lowest BCUT2D eigenvalue weighted by Gasteiger charge is -2.33. The Labute approximate surface area is 140 Å². The third kappa shape index (κ3) is 4.70. The fourth-order valence-corrected chi connectivity index (χ4v) is 7.60. The number of hydrogen-bond acceptors (Lipinski definition) is 1. The van der Waals surface area contributed by atoms with Gasteiger partial charge in [0.2, 0.25) is 4.20 Å². The van der Waals surface area contributed by atoms with Crippen molar-refractivity contribution in [2.75, 3.05) is 11.5 Å². The maximum Gasteiger partial charge on any atom is 0.237 e. The fraction of sp³-hybridized carbons (Fsp3) is 0.947. The monoisotopic (exact) mass is 325 g/mol. The first kappa shape index (κ1) is 16.3. The Morgan fingerprint density at radius 2 is 1.52 bits per heavy atom. The average molecular weight is 326 g/mol. The molecule has 0 aromatic carbocycles. The van der Waals surface area contributed by atoms with Crippen molar-refractivity contribution >= 4 is 27.3 Å². The molecule has 0 unspecified atom stereocenters. The maximum absolute atomic E-state index is 2.38. The quantitative estimate of drug-likeness (QED) is 0.468. The molecule has 21 heavy (non-hydrogen) atoms. The smallest absolute Gasteiger partial charge is 0.0694 e. The molecule has 1 heterocycles. The average Bonchev–Trinajstić information content (AvgIpc) is 2.57. The SMILES string of the molecule is CCC1CCC(CC2CCC(C3=[S+]CCCS3)CC2)CC1. The highest BCUT2D eigenvalue weighted by atomic mass is 32.2. The highest BCUT2D eigenvalue weighted by Crippen LogP contribution is 2.40. The lowest BCUT2D eigenvalue weighted by molar-refractivity contribution is 0.202. The minimum Gasteiger partial charge on any atom is -0.0694 e. The van der Waals surface area contributed by atoms with Crippen LogP contribution in [-0.2, 0) is 11.4 Å². The van der Waals surface area contributed by atoms with Crippen molar-refractivity contribution in [2.24, 2.45) is 23.7 Å². The summed E-state index contributed by atoms with van der Waals surface area (Å²) >= 11 is 4.38. The van der Waals surface area contributed by atoms with Crippen molar-refractivity contribution in [3.63, 3.8) is 0 Å². The molecule has 2 heteroatoms. The van der Waals surface area contributed by atoms with Crippen molar-refractivity contribution in [3.05, 3.63) is 0 Å². The second-order valence-electron chi connectivity index (χ2n) is 7.62. The van der Waals surface area contributed by atoms with Gasteiger partial charge in [0.1, 0.15) is 0 Å². The topological polar surface area (TPSA) is 0 Å². The Morgan fingerprint density at radius 3 is 2.10 bits per heavy atom. The third-order valence-corrected chi connectivity index (χ3v) is 9.10. The molecular formula is C19H33S2+. The summed E-state index contributed by atoms with van der Waals surface area (Å²) in [6.07, 6.45) is 16.6. The summed E-state index contributed by atoms with van der Waals surface area (Å²) in [5, 5.41) is 0. The molecule has 2 fully saturated rings. The summed E-state index contributed by atoms with van der Waals surface area (Å²) < 4.78 is 1.81. The summed E-state index contributed by atoms with van der Waals surface area (Å²) in [5.74, 6) is 6.97. The van der Waals surface area contributed by atoms with Gasteiger partial charge in [-0.2, -0.15) is 0 Å². The second kappa shape index (κ2) is 8.34. The van der Waals surface area contributed by atoms with Crippen molar-refractivity contribution < 1.29 is 0 Å². The molecule has 3 aliphatic rings. The molecule has 0 bridgehead atoms. The third-order valence-electron chi connectivity index (χ3n) is 6.17. The zero-order valence-corrected chi connectivity index (χ0v) is 15.5. The van der Waals surface area contributed by atoms with Crippen molar-refractivity contribution in [1.82, 2.24) is 0 Å². The largest absolute Gasteiger partial charge is 0.237 e. The van der Waals surface area contributed by atoms with Crippen LogP contribution in [0.2, 0.25) is 0 Å². The van der Waals surface area contributed by atoms with Crippen LogP contribution in [0.4, 0.5) is 0 Å². The molecule has 0 nitrogen and oxygen atoms in total. The van der Waals surface area contributed by atoms with Crippen LogP contribution >= 0.6 is 11.8 Å². The van der Waals surface area contributed by atoms with Gasteiger partial charge in [0.15, 0.2) is 17.1 Å². The summed E-state index contributed by atoms with van der Waals surface area (Å²) in [6.45, 7) is 2.38. The highest BCUT2D eigenvalue weighted by Gasteiger charge is 2.32. The summed E-state index contributed by atoms with van der Waals surface area (Å²) in [7, 11) is 0. The molecule has 0 spiro atoms. The van der Waals surface area contributed by atoms with E-state index in [0.717, 1.165) is 23.7 Å². The second-order valence-corrected chi connectivity index (χ2v) is 10.1. The van der Waals surface area contributed by atoms with Gasteiger partial charge in [-0.25, -0.2) is 0 Å². The zero-order chi connectivity index (χ0) is 14.5. The predicted octanol–water partition coefficient (Wildman–Crippen LogP) is 5.75. The first-order valence-corrected chi connectivity index (χ1v) is 11.4. The van der Waals surface area contributed by atoms with E-state index in [9.17, 15) is 0 Å². The number of hydrogen-bond donors (Lipinski definition) is 0. The van der Waals surface area contributed by atoms with Gasteiger partial charge in [-0.1, -0.05) is 50.8 Å². The van der Waals surface area contributed by atoms with Crippen molar-refractivity contribution in [1.29, 1.82) is 0 Å². The molecule has 3 rings (SSSR count). The van der Waals surface area contributed by atoms with Crippen LogP contribution in [0.15, 0.2) is 0 Å². The van der Waals surface area contributed by atoms with Crippen LogP contribution in [0.1, 0.15) is 77.6 Å². The molecule has 1 aliphatic heterocycles. The van der Waals surface area contributed by atoms with Gasteiger partial charge in [-0.05, 0) is 49.9 Å². The van der Waals surface area contributed by atoms with Gasteiger partial charge in [-0.15, -0.1) is 0 Å². The van der Waals surface area contributed by atoms with Gasteiger partial charge < -0.3 is 0 Å². The standard InChI is InChI=1S/C19H33S2/c1-2-15-4-6-16(7-5-15)14-17-8-10-18(11-9-17)19-20-12-3-13-21-19/h15-18H,2-14H2,1H3/q+1. The van der Waals surface area contributed by atoms with Crippen LogP contribution in [0.5, 0.6) is 0 Å².